The van der Waals surface area contributed by atoms with Crippen molar-refractivity contribution in [3.05, 3.63) is 71.8 Å². The highest BCUT2D eigenvalue weighted by atomic mass is 35.5. The maximum Gasteiger partial charge on any atom is 0.253 e. The van der Waals surface area contributed by atoms with E-state index in [2.05, 4.69) is 11.3 Å². The highest BCUT2D eigenvalue weighted by Gasteiger charge is 2.17. The van der Waals surface area contributed by atoms with E-state index in [0.29, 0.717) is 17.3 Å². The third-order valence-corrected chi connectivity index (χ3v) is 5.30. The molecule has 144 valence electrons. The molecule has 8 heteroatoms. The van der Waals surface area contributed by atoms with Crippen LogP contribution >= 0.6 is 11.6 Å². The average molecular weight is 409 g/mol. The van der Waals surface area contributed by atoms with Crippen molar-refractivity contribution in [1.29, 1.82) is 0 Å². The van der Waals surface area contributed by atoms with E-state index in [1.165, 1.54) is 29.2 Å². The fraction of sp³-hybridized carbons (Fsp3) is 0.211. The van der Waals surface area contributed by atoms with Gasteiger partial charge in [-0.1, -0.05) is 29.8 Å². The van der Waals surface area contributed by atoms with Crippen LogP contribution in [0.15, 0.2) is 66.1 Å². The van der Waals surface area contributed by atoms with Crippen LogP contribution in [-0.2, 0) is 10.0 Å². The maximum absolute atomic E-state index is 12.6. The van der Waals surface area contributed by atoms with Gasteiger partial charge < -0.3 is 9.64 Å². The number of hydrogen-bond donors (Lipinski definition) is 1. The molecule has 1 N–H and O–H groups in total. The molecule has 0 bridgehead atoms. The van der Waals surface area contributed by atoms with Crippen molar-refractivity contribution in [2.45, 2.75) is 4.90 Å². The molecule has 0 aliphatic heterocycles. The summed E-state index contributed by atoms with van der Waals surface area (Å²) < 4.78 is 32.3. The van der Waals surface area contributed by atoms with Crippen molar-refractivity contribution in [3.8, 4) is 5.75 Å². The molecule has 0 heterocycles. The lowest BCUT2D eigenvalue weighted by atomic mass is 10.2. The molecule has 0 unspecified atom stereocenters. The van der Waals surface area contributed by atoms with Gasteiger partial charge in [-0.2, -0.15) is 0 Å². The van der Waals surface area contributed by atoms with E-state index in [9.17, 15) is 13.2 Å². The summed E-state index contributed by atoms with van der Waals surface area (Å²) in [4.78, 5) is 14.0. The van der Waals surface area contributed by atoms with E-state index in [0.717, 1.165) is 0 Å². The lowest BCUT2D eigenvalue weighted by Crippen LogP contribution is -2.31. The first-order chi connectivity index (χ1) is 12.8. The summed E-state index contributed by atoms with van der Waals surface area (Å²) in [5, 5.41) is 0.569. The average Bonchev–Trinajstić information content (AvgIpc) is 2.66. The Balaban J connectivity index is 1.99. The first kappa shape index (κ1) is 21.0. The molecule has 0 aromatic heterocycles. The van der Waals surface area contributed by atoms with Gasteiger partial charge >= 0.3 is 0 Å². The van der Waals surface area contributed by atoms with Crippen molar-refractivity contribution in [1.82, 2.24) is 9.62 Å². The Morgan fingerprint density at radius 1 is 1.26 bits per heavy atom. The van der Waals surface area contributed by atoms with Crippen LogP contribution in [0.1, 0.15) is 10.4 Å². The summed E-state index contributed by atoms with van der Waals surface area (Å²) in [6.45, 7) is 4.20. The number of likely N-dealkylation sites (N-methyl/N-ethyl adjacent to an activating group) is 1. The molecule has 0 atom stereocenters. The van der Waals surface area contributed by atoms with Crippen LogP contribution in [0, 0.1) is 0 Å². The van der Waals surface area contributed by atoms with E-state index in [-0.39, 0.29) is 29.5 Å². The van der Waals surface area contributed by atoms with Gasteiger partial charge in [0.05, 0.1) is 11.4 Å². The van der Waals surface area contributed by atoms with Crippen LogP contribution in [0.4, 0.5) is 0 Å². The quantitative estimate of drug-likeness (QED) is 0.647. The third kappa shape index (κ3) is 6.09. The maximum atomic E-state index is 12.6. The minimum absolute atomic E-state index is 0.0266. The summed E-state index contributed by atoms with van der Waals surface area (Å²) in [6.07, 6.45) is 1.44. The molecule has 0 fully saturated rings. The fourth-order valence-electron chi connectivity index (χ4n) is 2.23. The lowest BCUT2D eigenvalue weighted by molar-refractivity contribution is 0.0773. The Morgan fingerprint density at radius 2 is 2.00 bits per heavy atom. The first-order valence-electron chi connectivity index (χ1n) is 8.18. The monoisotopic (exact) mass is 408 g/mol. The predicted molar refractivity (Wildman–Crippen MR) is 106 cm³/mol. The second-order valence-electron chi connectivity index (χ2n) is 5.70. The number of carbonyl (C=O) groups excluding carboxylic acids is 1. The van der Waals surface area contributed by atoms with Crippen LogP contribution in [-0.4, -0.2) is 46.0 Å². The van der Waals surface area contributed by atoms with Crippen LogP contribution in [0.2, 0.25) is 5.02 Å². The zero-order valence-electron chi connectivity index (χ0n) is 14.9. The van der Waals surface area contributed by atoms with E-state index >= 15 is 0 Å². The normalized spacial score (nSPS) is 11.0. The summed E-state index contributed by atoms with van der Waals surface area (Å²) in [7, 11) is -2.06. The Kier molecular flexibility index (Phi) is 7.41. The molecule has 0 aliphatic rings. The molecule has 0 saturated heterocycles. The minimum atomic E-state index is -3.69. The topological polar surface area (TPSA) is 75.7 Å². The zero-order valence-corrected chi connectivity index (χ0v) is 16.5. The molecule has 27 heavy (non-hydrogen) atoms. The van der Waals surface area contributed by atoms with Gasteiger partial charge in [0.15, 0.2) is 0 Å². The Morgan fingerprint density at radius 3 is 2.70 bits per heavy atom. The second kappa shape index (κ2) is 9.55. The van der Waals surface area contributed by atoms with Gasteiger partial charge in [0, 0.05) is 24.2 Å². The number of halogens is 1. The Bertz CT molecular complexity index is 915. The molecular formula is C19H21ClN2O4S. The first-order valence-corrected chi connectivity index (χ1v) is 10.0. The smallest absolute Gasteiger partial charge is 0.253 e. The van der Waals surface area contributed by atoms with Gasteiger partial charge in [0.25, 0.3) is 5.91 Å². The van der Waals surface area contributed by atoms with Crippen molar-refractivity contribution in [2.24, 2.45) is 0 Å². The number of nitrogens with one attached hydrogen (secondary N) is 1. The number of benzene rings is 2. The number of amides is 1. The van der Waals surface area contributed by atoms with Gasteiger partial charge in [-0.25, -0.2) is 13.1 Å². The van der Waals surface area contributed by atoms with E-state index in [4.69, 9.17) is 16.3 Å². The molecule has 0 aliphatic carbocycles. The SMILES string of the molecule is C=CCNS(=O)(=O)c1cccc(C(=O)N(C)CCOc2cccc(Cl)c2)c1. The molecule has 0 spiro atoms. The predicted octanol–water partition coefficient (Wildman–Crippen LogP) is 2.96. The third-order valence-electron chi connectivity index (χ3n) is 3.65. The van der Waals surface area contributed by atoms with E-state index in [1.807, 2.05) is 0 Å². The highest BCUT2D eigenvalue weighted by Crippen LogP contribution is 2.17. The molecule has 2 rings (SSSR count). The fourth-order valence-corrected chi connectivity index (χ4v) is 3.45. The summed E-state index contributed by atoms with van der Waals surface area (Å²) in [6, 6.07) is 12.9. The molecular weight excluding hydrogens is 388 g/mol. The number of sulfonamides is 1. The number of nitrogens with zero attached hydrogens (tertiary/aromatic N) is 1. The van der Waals surface area contributed by atoms with Crippen molar-refractivity contribution in [3.63, 3.8) is 0 Å². The van der Waals surface area contributed by atoms with E-state index in [1.54, 1.807) is 37.4 Å². The molecule has 6 nitrogen and oxygen atoms in total. The van der Waals surface area contributed by atoms with Gasteiger partial charge in [0.1, 0.15) is 12.4 Å². The number of hydrogen-bond acceptors (Lipinski definition) is 4. The zero-order chi connectivity index (χ0) is 19.9. The van der Waals surface area contributed by atoms with Crippen LogP contribution in [0.3, 0.4) is 0 Å². The van der Waals surface area contributed by atoms with Gasteiger partial charge in [0.2, 0.25) is 10.0 Å². The molecule has 2 aromatic rings. The Hall–Kier alpha value is -2.35. The summed E-state index contributed by atoms with van der Waals surface area (Å²) in [5.41, 5.74) is 0.279. The summed E-state index contributed by atoms with van der Waals surface area (Å²) in [5.74, 6) is 0.315. The standard InChI is InChI=1S/C19H21ClN2O4S/c1-3-10-21-27(24,25)18-9-4-6-15(13-18)19(23)22(2)11-12-26-17-8-5-7-16(20)14-17/h3-9,13-14,21H,1,10-12H2,2H3. The van der Waals surface area contributed by atoms with Crippen LogP contribution in [0.5, 0.6) is 5.75 Å². The lowest BCUT2D eigenvalue weighted by Gasteiger charge is -2.18. The highest BCUT2D eigenvalue weighted by molar-refractivity contribution is 7.89. The van der Waals surface area contributed by atoms with Gasteiger partial charge in [-0.3, -0.25) is 4.79 Å². The second-order valence-corrected chi connectivity index (χ2v) is 7.90. The number of ether oxygens (including phenoxy) is 1. The van der Waals surface area contributed by atoms with Gasteiger partial charge in [-0.15, -0.1) is 6.58 Å². The van der Waals surface area contributed by atoms with E-state index < -0.39 is 10.0 Å². The molecule has 1 amide bonds. The molecule has 0 radical (unpaired) electrons. The number of rotatable bonds is 9. The van der Waals surface area contributed by atoms with Crippen LogP contribution in [0.25, 0.3) is 0 Å². The number of carbonyl (C=O) groups is 1. The largest absolute Gasteiger partial charge is 0.492 e. The van der Waals surface area contributed by atoms with Crippen LogP contribution < -0.4 is 9.46 Å². The van der Waals surface area contributed by atoms with Gasteiger partial charge in [-0.05, 0) is 36.4 Å². The molecule has 2 aromatic carbocycles. The summed E-state index contributed by atoms with van der Waals surface area (Å²) >= 11 is 5.90. The Labute approximate surface area is 164 Å². The molecule has 0 saturated carbocycles. The van der Waals surface area contributed by atoms with Crippen molar-refractivity contribution >= 4 is 27.5 Å². The minimum Gasteiger partial charge on any atom is -0.492 e. The van der Waals surface area contributed by atoms with Crippen molar-refractivity contribution < 1.29 is 17.9 Å². The van der Waals surface area contributed by atoms with Crippen molar-refractivity contribution in [2.75, 3.05) is 26.7 Å².